The van der Waals surface area contributed by atoms with Crippen molar-refractivity contribution < 1.29 is 9.59 Å². The molecule has 0 spiro atoms. The Kier molecular flexibility index (Phi) is 2.90. The van der Waals surface area contributed by atoms with Gasteiger partial charge in [-0.15, -0.1) is 0 Å². The second-order valence-electron chi connectivity index (χ2n) is 4.27. The van der Waals surface area contributed by atoms with Crippen molar-refractivity contribution in [3.05, 3.63) is 0 Å². The van der Waals surface area contributed by atoms with Crippen LogP contribution in [0.15, 0.2) is 0 Å². The standard InChI is InChI=1S/C10H17N3O2/c11-5-8-2-1-3-13(8)10(15)7-4-9(14)12-6-7/h7-8H,1-6,11H2,(H,12,14). The summed E-state index contributed by atoms with van der Waals surface area (Å²) in [4.78, 5) is 24.9. The van der Waals surface area contributed by atoms with Crippen LogP contribution in [-0.2, 0) is 9.59 Å². The first-order chi connectivity index (χ1) is 7.22. The highest BCUT2D eigenvalue weighted by molar-refractivity contribution is 5.89. The van der Waals surface area contributed by atoms with Crippen LogP contribution >= 0.6 is 0 Å². The summed E-state index contributed by atoms with van der Waals surface area (Å²) < 4.78 is 0. The monoisotopic (exact) mass is 211 g/mol. The van der Waals surface area contributed by atoms with Gasteiger partial charge in [0.1, 0.15) is 0 Å². The van der Waals surface area contributed by atoms with E-state index in [0.29, 0.717) is 19.5 Å². The summed E-state index contributed by atoms with van der Waals surface area (Å²) in [7, 11) is 0. The Balaban J connectivity index is 1.98. The summed E-state index contributed by atoms with van der Waals surface area (Å²) in [5.74, 6) is -0.0807. The molecule has 2 aliphatic heterocycles. The van der Waals surface area contributed by atoms with Gasteiger partial charge in [-0.25, -0.2) is 0 Å². The summed E-state index contributed by atoms with van der Waals surface area (Å²) in [6, 6.07) is 0.188. The maximum atomic E-state index is 12.0. The number of nitrogens with one attached hydrogen (secondary N) is 1. The van der Waals surface area contributed by atoms with Crippen LogP contribution in [0, 0.1) is 5.92 Å². The molecule has 0 aromatic heterocycles. The van der Waals surface area contributed by atoms with E-state index in [9.17, 15) is 9.59 Å². The topological polar surface area (TPSA) is 75.4 Å². The summed E-state index contributed by atoms with van der Waals surface area (Å²) in [5.41, 5.74) is 5.61. The van der Waals surface area contributed by atoms with E-state index in [1.807, 2.05) is 4.90 Å². The Morgan fingerprint density at radius 3 is 3.00 bits per heavy atom. The highest BCUT2D eigenvalue weighted by Crippen LogP contribution is 2.21. The molecule has 2 aliphatic rings. The summed E-state index contributed by atoms with van der Waals surface area (Å²) in [6.45, 7) is 1.82. The fraction of sp³-hybridized carbons (Fsp3) is 0.800. The van der Waals surface area contributed by atoms with Gasteiger partial charge in [-0.1, -0.05) is 0 Å². The lowest BCUT2D eigenvalue weighted by Gasteiger charge is -2.25. The van der Waals surface area contributed by atoms with E-state index in [2.05, 4.69) is 5.32 Å². The van der Waals surface area contributed by atoms with Gasteiger partial charge in [0.25, 0.3) is 0 Å². The van der Waals surface area contributed by atoms with Crippen LogP contribution in [0.2, 0.25) is 0 Å². The highest BCUT2D eigenvalue weighted by atomic mass is 16.2. The number of carbonyl (C=O) groups excluding carboxylic acids is 2. The normalized spacial score (nSPS) is 30.7. The van der Waals surface area contributed by atoms with Crippen LogP contribution in [0.3, 0.4) is 0 Å². The molecule has 84 valence electrons. The largest absolute Gasteiger partial charge is 0.355 e. The SMILES string of the molecule is NCC1CCCN1C(=O)C1CNC(=O)C1. The van der Waals surface area contributed by atoms with E-state index in [0.717, 1.165) is 19.4 Å². The molecule has 2 atom stereocenters. The van der Waals surface area contributed by atoms with E-state index >= 15 is 0 Å². The molecule has 2 rings (SSSR count). The fourth-order valence-corrected chi connectivity index (χ4v) is 2.39. The van der Waals surface area contributed by atoms with Crippen molar-refractivity contribution in [3.63, 3.8) is 0 Å². The van der Waals surface area contributed by atoms with Gasteiger partial charge in [0.05, 0.1) is 5.92 Å². The van der Waals surface area contributed by atoms with Gasteiger partial charge < -0.3 is 16.0 Å². The van der Waals surface area contributed by atoms with Gasteiger partial charge in [-0.3, -0.25) is 9.59 Å². The van der Waals surface area contributed by atoms with Crippen molar-refractivity contribution in [1.29, 1.82) is 0 Å². The van der Waals surface area contributed by atoms with E-state index < -0.39 is 0 Å². The molecule has 5 nitrogen and oxygen atoms in total. The molecular formula is C10H17N3O2. The van der Waals surface area contributed by atoms with Crippen molar-refractivity contribution >= 4 is 11.8 Å². The molecule has 2 heterocycles. The van der Waals surface area contributed by atoms with Crippen LogP contribution in [0.5, 0.6) is 0 Å². The Hall–Kier alpha value is -1.10. The van der Waals surface area contributed by atoms with Crippen molar-refractivity contribution in [2.75, 3.05) is 19.6 Å². The third-order valence-corrected chi connectivity index (χ3v) is 3.26. The lowest BCUT2D eigenvalue weighted by Crippen LogP contribution is -2.43. The summed E-state index contributed by atoms with van der Waals surface area (Å²) >= 11 is 0. The van der Waals surface area contributed by atoms with Crippen LogP contribution < -0.4 is 11.1 Å². The molecule has 0 saturated carbocycles. The van der Waals surface area contributed by atoms with Gasteiger partial charge >= 0.3 is 0 Å². The summed E-state index contributed by atoms with van der Waals surface area (Å²) in [5, 5.41) is 2.69. The number of nitrogens with two attached hydrogens (primary N) is 1. The lowest BCUT2D eigenvalue weighted by molar-refractivity contribution is -0.136. The number of rotatable bonds is 2. The number of nitrogens with zero attached hydrogens (tertiary/aromatic N) is 1. The molecule has 2 unspecified atom stereocenters. The van der Waals surface area contributed by atoms with E-state index in [-0.39, 0.29) is 23.8 Å². The number of amides is 2. The van der Waals surface area contributed by atoms with E-state index in [4.69, 9.17) is 5.73 Å². The number of carbonyl (C=O) groups is 2. The first-order valence-electron chi connectivity index (χ1n) is 5.49. The Labute approximate surface area is 89.0 Å². The molecule has 2 fully saturated rings. The maximum Gasteiger partial charge on any atom is 0.228 e. The molecule has 2 saturated heterocycles. The first-order valence-corrected chi connectivity index (χ1v) is 5.49. The van der Waals surface area contributed by atoms with Crippen molar-refractivity contribution in [1.82, 2.24) is 10.2 Å². The first kappa shape index (κ1) is 10.4. The van der Waals surface area contributed by atoms with Gasteiger partial charge in [0, 0.05) is 32.1 Å². The Bertz CT molecular complexity index is 280. The molecule has 3 N–H and O–H groups in total. The Morgan fingerprint density at radius 1 is 1.60 bits per heavy atom. The van der Waals surface area contributed by atoms with Crippen LogP contribution in [-0.4, -0.2) is 42.4 Å². The average Bonchev–Trinajstić information content (AvgIpc) is 2.84. The predicted molar refractivity (Wildman–Crippen MR) is 54.9 cm³/mol. The van der Waals surface area contributed by atoms with Gasteiger partial charge in [-0.05, 0) is 12.8 Å². The van der Waals surface area contributed by atoms with Gasteiger partial charge in [0.2, 0.25) is 11.8 Å². The molecule has 2 amide bonds. The molecule has 5 heteroatoms. The summed E-state index contributed by atoms with van der Waals surface area (Å²) in [6.07, 6.45) is 2.37. The third-order valence-electron chi connectivity index (χ3n) is 3.26. The molecule has 0 aliphatic carbocycles. The molecule has 15 heavy (non-hydrogen) atoms. The minimum atomic E-state index is -0.162. The third kappa shape index (κ3) is 1.97. The highest BCUT2D eigenvalue weighted by Gasteiger charge is 2.35. The van der Waals surface area contributed by atoms with E-state index in [1.54, 1.807) is 0 Å². The molecular weight excluding hydrogens is 194 g/mol. The number of hydrogen-bond donors (Lipinski definition) is 2. The lowest BCUT2D eigenvalue weighted by atomic mass is 10.1. The van der Waals surface area contributed by atoms with Crippen LogP contribution in [0.25, 0.3) is 0 Å². The molecule has 0 aromatic rings. The smallest absolute Gasteiger partial charge is 0.228 e. The zero-order chi connectivity index (χ0) is 10.8. The van der Waals surface area contributed by atoms with Crippen molar-refractivity contribution in [2.45, 2.75) is 25.3 Å². The number of hydrogen-bond acceptors (Lipinski definition) is 3. The Morgan fingerprint density at radius 2 is 2.40 bits per heavy atom. The van der Waals surface area contributed by atoms with Crippen LogP contribution in [0.4, 0.5) is 0 Å². The van der Waals surface area contributed by atoms with Crippen molar-refractivity contribution in [3.8, 4) is 0 Å². The number of likely N-dealkylation sites (tertiary alicyclic amines) is 1. The van der Waals surface area contributed by atoms with E-state index in [1.165, 1.54) is 0 Å². The quantitative estimate of drug-likeness (QED) is 0.620. The van der Waals surface area contributed by atoms with Crippen molar-refractivity contribution in [2.24, 2.45) is 11.7 Å². The second kappa shape index (κ2) is 4.18. The fourth-order valence-electron chi connectivity index (χ4n) is 2.39. The minimum Gasteiger partial charge on any atom is -0.355 e. The van der Waals surface area contributed by atoms with Gasteiger partial charge in [-0.2, -0.15) is 0 Å². The zero-order valence-corrected chi connectivity index (χ0v) is 8.74. The molecule has 0 aromatic carbocycles. The predicted octanol–water partition coefficient (Wildman–Crippen LogP) is -0.928. The second-order valence-corrected chi connectivity index (χ2v) is 4.27. The van der Waals surface area contributed by atoms with Crippen LogP contribution in [0.1, 0.15) is 19.3 Å². The molecule has 0 bridgehead atoms. The van der Waals surface area contributed by atoms with Gasteiger partial charge in [0.15, 0.2) is 0 Å². The molecule has 0 radical (unpaired) electrons. The maximum absolute atomic E-state index is 12.0. The minimum absolute atomic E-state index is 0.0168. The zero-order valence-electron chi connectivity index (χ0n) is 8.74. The average molecular weight is 211 g/mol.